The summed E-state index contributed by atoms with van der Waals surface area (Å²) in [4.78, 5) is 2.26. The molecule has 0 heterocycles. The van der Waals surface area contributed by atoms with Crippen LogP contribution in [0.5, 0.6) is 0 Å². The van der Waals surface area contributed by atoms with Gasteiger partial charge in [-0.05, 0) is 37.9 Å². The van der Waals surface area contributed by atoms with Crippen molar-refractivity contribution in [2.24, 2.45) is 0 Å². The zero-order valence-corrected chi connectivity index (χ0v) is 13.9. The largest absolute Gasteiger partial charge is 0.313 e. The standard InChI is InChI=1S/C16H27FN2S/c1-5-15(12-20-4)19(3)11-14-9-13(10-18-6-2)7-8-16(14)17/h7-9,15,18H,5-6,10-12H2,1-4H3. The van der Waals surface area contributed by atoms with Gasteiger partial charge < -0.3 is 5.32 Å². The normalized spacial score (nSPS) is 12.9. The van der Waals surface area contributed by atoms with Crippen molar-refractivity contribution < 1.29 is 4.39 Å². The minimum absolute atomic E-state index is 0.101. The van der Waals surface area contributed by atoms with Crippen LogP contribution in [0, 0.1) is 5.82 Å². The van der Waals surface area contributed by atoms with Crippen molar-refractivity contribution in [2.45, 2.75) is 39.4 Å². The molecule has 0 bridgehead atoms. The molecule has 114 valence electrons. The first-order valence-electron chi connectivity index (χ1n) is 7.29. The summed E-state index contributed by atoms with van der Waals surface area (Å²) in [5.41, 5.74) is 1.94. The van der Waals surface area contributed by atoms with Crippen molar-refractivity contribution in [3.05, 3.63) is 35.1 Å². The highest BCUT2D eigenvalue weighted by molar-refractivity contribution is 7.98. The van der Waals surface area contributed by atoms with Crippen molar-refractivity contribution in [1.82, 2.24) is 10.2 Å². The summed E-state index contributed by atoms with van der Waals surface area (Å²) in [5.74, 6) is 0.988. The molecule has 1 unspecified atom stereocenters. The number of benzene rings is 1. The summed E-state index contributed by atoms with van der Waals surface area (Å²) in [7, 11) is 2.08. The van der Waals surface area contributed by atoms with Crippen LogP contribution < -0.4 is 5.32 Å². The topological polar surface area (TPSA) is 15.3 Å². The van der Waals surface area contributed by atoms with E-state index in [1.807, 2.05) is 23.9 Å². The van der Waals surface area contributed by atoms with Gasteiger partial charge in [-0.25, -0.2) is 4.39 Å². The summed E-state index contributed by atoms with van der Waals surface area (Å²) in [6.45, 7) is 6.67. The third kappa shape index (κ3) is 5.43. The molecule has 20 heavy (non-hydrogen) atoms. The van der Waals surface area contributed by atoms with Gasteiger partial charge in [0, 0.05) is 30.4 Å². The number of nitrogens with one attached hydrogen (secondary N) is 1. The summed E-state index contributed by atoms with van der Waals surface area (Å²) in [6.07, 6.45) is 3.21. The average molecular weight is 298 g/mol. The summed E-state index contributed by atoms with van der Waals surface area (Å²) in [5, 5.41) is 3.28. The van der Waals surface area contributed by atoms with Gasteiger partial charge in [0.15, 0.2) is 0 Å². The Labute approximate surface area is 127 Å². The molecule has 0 amide bonds. The van der Waals surface area contributed by atoms with E-state index in [0.717, 1.165) is 36.4 Å². The number of hydrogen-bond donors (Lipinski definition) is 1. The first-order chi connectivity index (χ1) is 9.62. The fourth-order valence-electron chi connectivity index (χ4n) is 2.28. The lowest BCUT2D eigenvalue weighted by molar-refractivity contribution is 0.244. The molecule has 0 spiro atoms. The molecular weight excluding hydrogens is 271 g/mol. The van der Waals surface area contributed by atoms with Gasteiger partial charge in [-0.15, -0.1) is 0 Å². The van der Waals surface area contributed by atoms with Gasteiger partial charge in [0.05, 0.1) is 0 Å². The van der Waals surface area contributed by atoms with E-state index in [0.29, 0.717) is 12.6 Å². The lowest BCUT2D eigenvalue weighted by atomic mass is 10.1. The Morgan fingerprint density at radius 1 is 1.35 bits per heavy atom. The Kier molecular flexibility index (Phi) is 8.19. The van der Waals surface area contributed by atoms with E-state index in [1.54, 1.807) is 6.07 Å². The highest BCUT2D eigenvalue weighted by Gasteiger charge is 2.14. The fourth-order valence-corrected chi connectivity index (χ4v) is 3.15. The third-order valence-electron chi connectivity index (χ3n) is 3.56. The van der Waals surface area contributed by atoms with E-state index < -0.39 is 0 Å². The van der Waals surface area contributed by atoms with Crippen LogP contribution >= 0.6 is 11.8 Å². The molecule has 0 fully saturated rings. The number of hydrogen-bond acceptors (Lipinski definition) is 3. The zero-order chi connectivity index (χ0) is 15.0. The lowest BCUT2D eigenvalue weighted by Gasteiger charge is -2.27. The number of rotatable bonds is 9. The van der Waals surface area contributed by atoms with E-state index in [4.69, 9.17) is 0 Å². The molecule has 0 aliphatic carbocycles. The second kappa shape index (κ2) is 9.37. The second-order valence-electron chi connectivity index (χ2n) is 5.14. The second-order valence-corrected chi connectivity index (χ2v) is 6.05. The van der Waals surface area contributed by atoms with Crippen LogP contribution in [-0.2, 0) is 13.1 Å². The Bertz CT molecular complexity index is 398. The van der Waals surface area contributed by atoms with E-state index in [9.17, 15) is 4.39 Å². The van der Waals surface area contributed by atoms with Crippen molar-refractivity contribution >= 4 is 11.8 Å². The Morgan fingerprint density at radius 2 is 2.10 bits per heavy atom. The molecule has 0 aliphatic heterocycles. The summed E-state index contributed by atoms with van der Waals surface area (Å²) in [6, 6.07) is 5.94. The Hall–Kier alpha value is -0.580. The number of thioether (sulfide) groups is 1. The van der Waals surface area contributed by atoms with Crippen molar-refractivity contribution in [1.29, 1.82) is 0 Å². The lowest BCUT2D eigenvalue weighted by Crippen LogP contribution is -2.33. The van der Waals surface area contributed by atoms with Gasteiger partial charge in [0.25, 0.3) is 0 Å². The first kappa shape index (κ1) is 17.5. The van der Waals surface area contributed by atoms with Gasteiger partial charge in [-0.3, -0.25) is 4.90 Å². The maximum atomic E-state index is 14.0. The molecule has 4 heteroatoms. The van der Waals surface area contributed by atoms with Crippen LogP contribution in [0.25, 0.3) is 0 Å². The highest BCUT2D eigenvalue weighted by atomic mass is 32.2. The van der Waals surface area contributed by atoms with Gasteiger partial charge in [0.2, 0.25) is 0 Å². The molecule has 0 saturated carbocycles. The smallest absolute Gasteiger partial charge is 0.127 e. The van der Waals surface area contributed by atoms with Crippen molar-refractivity contribution in [3.8, 4) is 0 Å². The predicted molar refractivity (Wildman–Crippen MR) is 87.7 cm³/mol. The van der Waals surface area contributed by atoms with Crippen LogP contribution in [0.3, 0.4) is 0 Å². The Morgan fingerprint density at radius 3 is 2.70 bits per heavy atom. The van der Waals surface area contributed by atoms with Crippen molar-refractivity contribution in [3.63, 3.8) is 0 Å². The maximum absolute atomic E-state index is 14.0. The summed E-state index contributed by atoms with van der Waals surface area (Å²) < 4.78 is 14.0. The fraction of sp³-hybridized carbons (Fsp3) is 0.625. The van der Waals surface area contributed by atoms with E-state index >= 15 is 0 Å². The predicted octanol–water partition coefficient (Wildman–Crippen LogP) is 3.51. The molecule has 1 aromatic rings. The summed E-state index contributed by atoms with van der Waals surface area (Å²) >= 11 is 1.85. The molecule has 1 rings (SSSR count). The molecule has 2 nitrogen and oxygen atoms in total. The van der Waals surface area contributed by atoms with Crippen LogP contribution in [-0.4, -0.2) is 36.5 Å². The van der Waals surface area contributed by atoms with Crippen LogP contribution in [0.15, 0.2) is 18.2 Å². The monoisotopic (exact) mass is 298 g/mol. The molecule has 1 aromatic carbocycles. The number of nitrogens with zero attached hydrogens (tertiary/aromatic N) is 1. The molecule has 0 aliphatic rings. The van der Waals surface area contributed by atoms with Gasteiger partial charge in [0.1, 0.15) is 5.82 Å². The van der Waals surface area contributed by atoms with E-state index in [2.05, 4.69) is 37.4 Å². The molecular formula is C16H27FN2S. The Balaban J connectivity index is 2.74. The average Bonchev–Trinajstić information content (AvgIpc) is 2.45. The molecule has 1 N–H and O–H groups in total. The number of halogens is 1. The first-order valence-corrected chi connectivity index (χ1v) is 8.68. The van der Waals surface area contributed by atoms with E-state index in [1.165, 1.54) is 0 Å². The zero-order valence-electron chi connectivity index (χ0n) is 13.1. The minimum Gasteiger partial charge on any atom is -0.313 e. The van der Waals surface area contributed by atoms with Crippen LogP contribution in [0.2, 0.25) is 0 Å². The molecule has 0 saturated heterocycles. The quantitative estimate of drug-likeness (QED) is 0.751. The highest BCUT2D eigenvalue weighted by Crippen LogP contribution is 2.16. The van der Waals surface area contributed by atoms with Crippen molar-refractivity contribution in [2.75, 3.05) is 25.6 Å². The molecule has 0 radical (unpaired) electrons. The van der Waals surface area contributed by atoms with Crippen LogP contribution in [0.1, 0.15) is 31.4 Å². The third-order valence-corrected chi connectivity index (χ3v) is 4.28. The van der Waals surface area contributed by atoms with Gasteiger partial charge in [-0.1, -0.05) is 26.0 Å². The molecule has 0 aromatic heterocycles. The maximum Gasteiger partial charge on any atom is 0.127 e. The SMILES string of the molecule is CCNCc1ccc(F)c(CN(C)C(CC)CSC)c1. The van der Waals surface area contributed by atoms with Gasteiger partial charge in [-0.2, -0.15) is 11.8 Å². The van der Waals surface area contributed by atoms with E-state index in [-0.39, 0.29) is 5.82 Å². The van der Waals surface area contributed by atoms with Crippen LogP contribution in [0.4, 0.5) is 4.39 Å². The van der Waals surface area contributed by atoms with Gasteiger partial charge >= 0.3 is 0 Å². The minimum atomic E-state index is -0.101. The molecule has 1 atom stereocenters.